The molecule has 0 bridgehead atoms. The number of aliphatic hydroxyl groups is 3. The zero-order chi connectivity index (χ0) is 20.1. The molecule has 1 fully saturated rings. The summed E-state index contributed by atoms with van der Waals surface area (Å²) < 4.78 is 0. The molecule has 0 aromatic carbocycles. The summed E-state index contributed by atoms with van der Waals surface area (Å²) in [5.74, 6) is -1.07. The van der Waals surface area contributed by atoms with Crippen LogP contribution in [-0.4, -0.2) is 44.7 Å². The van der Waals surface area contributed by atoms with E-state index in [-0.39, 0.29) is 18.3 Å². The maximum absolute atomic E-state index is 10.4. The summed E-state index contributed by atoms with van der Waals surface area (Å²) in [5, 5.41) is 39.0. The number of hydrogen-bond acceptors (Lipinski definition) is 4. The van der Waals surface area contributed by atoms with Crippen molar-refractivity contribution in [3.63, 3.8) is 0 Å². The van der Waals surface area contributed by atoms with Gasteiger partial charge in [-0.25, -0.2) is 0 Å². The molecule has 0 heterocycles. The number of carboxylic acid groups (broad SMARTS) is 1. The van der Waals surface area contributed by atoms with Gasteiger partial charge in [-0.05, 0) is 38.0 Å². The van der Waals surface area contributed by atoms with Crippen molar-refractivity contribution < 1.29 is 25.2 Å². The van der Waals surface area contributed by atoms with Crippen LogP contribution in [0.4, 0.5) is 0 Å². The molecule has 1 rings (SSSR count). The molecule has 5 heteroatoms. The van der Waals surface area contributed by atoms with E-state index in [9.17, 15) is 20.1 Å². The van der Waals surface area contributed by atoms with Crippen LogP contribution in [0.1, 0.15) is 51.9 Å². The van der Waals surface area contributed by atoms with Crippen molar-refractivity contribution in [2.24, 2.45) is 11.8 Å². The van der Waals surface area contributed by atoms with Crippen LogP contribution in [0, 0.1) is 11.8 Å². The van der Waals surface area contributed by atoms with E-state index in [1.165, 1.54) is 0 Å². The fraction of sp³-hybridized carbons (Fsp3) is 0.591. The van der Waals surface area contributed by atoms with Crippen LogP contribution < -0.4 is 0 Å². The second-order valence-corrected chi connectivity index (χ2v) is 7.03. The minimum atomic E-state index is -0.838. The van der Waals surface area contributed by atoms with Gasteiger partial charge in [0, 0.05) is 18.8 Å². The third kappa shape index (κ3) is 9.70. The molecule has 0 amide bonds. The highest BCUT2D eigenvalue weighted by Crippen LogP contribution is 2.36. The van der Waals surface area contributed by atoms with Gasteiger partial charge < -0.3 is 20.4 Å². The lowest BCUT2D eigenvalue weighted by Crippen LogP contribution is -2.20. The normalized spacial score (nSPS) is 27.6. The summed E-state index contributed by atoms with van der Waals surface area (Å²) in [6.45, 7) is 2.09. The second-order valence-electron chi connectivity index (χ2n) is 7.03. The van der Waals surface area contributed by atoms with Crippen LogP contribution >= 0.6 is 0 Å². The summed E-state index contributed by atoms with van der Waals surface area (Å²) >= 11 is 0. The summed E-state index contributed by atoms with van der Waals surface area (Å²) in [5.41, 5.74) is 0. The molecular weight excluding hydrogens is 344 g/mol. The first-order chi connectivity index (χ1) is 13.0. The summed E-state index contributed by atoms with van der Waals surface area (Å²) in [7, 11) is 0. The van der Waals surface area contributed by atoms with Crippen LogP contribution in [0.5, 0.6) is 0 Å². The van der Waals surface area contributed by atoms with Crippen molar-refractivity contribution in [2.75, 3.05) is 0 Å². The SMILES string of the molecule is CC/C=C\C/C=C\C[C@H]1[C@H](/C=C/[C@@H](O)C/C=C\CCC(=O)O)[C@H](O)C[C@@H]1O. The Balaban J connectivity index is 2.49. The van der Waals surface area contributed by atoms with Crippen molar-refractivity contribution in [1.29, 1.82) is 0 Å². The molecule has 1 aliphatic rings. The second kappa shape index (κ2) is 13.5. The average molecular weight is 379 g/mol. The molecular formula is C22H34O5. The zero-order valence-electron chi connectivity index (χ0n) is 16.2. The predicted octanol–water partition coefficient (Wildman–Crippen LogP) is 3.38. The van der Waals surface area contributed by atoms with Gasteiger partial charge in [-0.15, -0.1) is 0 Å². The Bertz CT molecular complexity index is 535. The maximum Gasteiger partial charge on any atom is 0.303 e. The highest BCUT2D eigenvalue weighted by molar-refractivity contribution is 5.66. The Morgan fingerprint density at radius 2 is 1.81 bits per heavy atom. The smallest absolute Gasteiger partial charge is 0.303 e. The lowest BCUT2D eigenvalue weighted by atomic mass is 9.89. The van der Waals surface area contributed by atoms with E-state index < -0.39 is 24.3 Å². The highest BCUT2D eigenvalue weighted by atomic mass is 16.4. The monoisotopic (exact) mass is 378 g/mol. The molecule has 1 saturated carbocycles. The first-order valence-electron chi connectivity index (χ1n) is 9.85. The van der Waals surface area contributed by atoms with Gasteiger partial charge in [0.15, 0.2) is 0 Å². The van der Waals surface area contributed by atoms with Crippen molar-refractivity contribution in [2.45, 2.75) is 70.2 Å². The fourth-order valence-corrected chi connectivity index (χ4v) is 3.29. The van der Waals surface area contributed by atoms with E-state index >= 15 is 0 Å². The third-order valence-electron chi connectivity index (χ3n) is 4.79. The molecule has 5 nitrogen and oxygen atoms in total. The molecule has 0 aromatic heterocycles. The number of allylic oxidation sites excluding steroid dienone is 5. The molecule has 0 aliphatic heterocycles. The van der Waals surface area contributed by atoms with Gasteiger partial charge in [0.1, 0.15) is 0 Å². The van der Waals surface area contributed by atoms with E-state index in [2.05, 4.69) is 25.2 Å². The molecule has 4 N–H and O–H groups in total. The van der Waals surface area contributed by atoms with Crippen molar-refractivity contribution in [3.8, 4) is 0 Å². The van der Waals surface area contributed by atoms with Crippen LogP contribution in [0.15, 0.2) is 48.6 Å². The Morgan fingerprint density at radius 1 is 1.07 bits per heavy atom. The first kappa shape index (κ1) is 23.3. The molecule has 0 saturated heterocycles. The molecule has 152 valence electrons. The first-order valence-corrected chi connectivity index (χ1v) is 9.85. The van der Waals surface area contributed by atoms with Crippen molar-refractivity contribution in [3.05, 3.63) is 48.6 Å². The summed E-state index contributed by atoms with van der Waals surface area (Å²) in [6.07, 6.45) is 17.4. The maximum atomic E-state index is 10.4. The fourth-order valence-electron chi connectivity index (χ4n) is 3.29. The van der Waals surface area contributed by atoms with Gasteiger partial charge in [0.25, 0.3) is 0 Å². The van der Waals surface area contributed by atoms with Gasteiger partial charge in [-0.3, -0.25) is 4.79 Å². The molecule has 0 unspecified atom stereocenters. The van der Waals surface area contributed by atoms with E-state index in [0.29, 0.717) is 25.7 Å². The minimum absolute atomic E-state index is 0.0547. The van der Waals surface area contributed by atoms with Gasteiger partial charge >= 0.3 is 5.97 Å². The van der Waals surface area contributed by atoms with Crippen LogP contribution in [0.25, 0.3) is 0 Å². The van der Waals surface area contributed by atoms with E-state index in [4.69, 9.17) is 5.11 Å². The zero-order valence-corrected chi connectivity index (χ0v) is 16.2. The average Bonchev–Trinajstić information content (AvgIpc) is 2.88. The number of carboxylic acids is 1. The van der Waals surface area contributed by atoms with E-state index in [1.807, 2.05) is 12.2 Å². The van der Waals surface area contributed by atoms with Crippen molar-refractivity contribution in [1.82, 2.24) is 0 Å². The summed E-state index contributed by atoms with van der Waals surface area (Å²) in [6, 6.07) is 0. The minimum Gasteiger partial charge on any atom is -0.481 e. The van der Waals surface area contributed by atoms with Crippen LogP contribution in [-0.2, 0) is 4.79 Å². The number of carbonyl (C=O) groups is 1. The van der Waals surface area contributed by atoms with Crippen LogP contribution in [0.3, 0.4) is 0 Å². The number of aliphatic hydroxyl groups excluding tert-OH is 3. The quantitative estimate of drug-likeness (QED) is 0.390. The van der Waals surface area contributed by atoms with E-state index in [1.54, 1.807) is 18.2 Å². The Labute approximate surface area is 162 Å². The highest BCUT2D eigenvalue weighted by Gasteiger charge is 2.39. The van der Waals surface area contributed by atoms with Gasteiger partial charge in [-0.1, -0.05) is 55.5 Å². The van der Waals surface area contributed by atoms with Crippen molar-refractivity contribution >= 4 is 5.97 Å². The number of aliphatic carboxylic acids is 1. The van der Waals surface area contributed by atoms with Crippen LogP contribution in [0.2, 0.25) is 0 Å². The molecule has 1 aliphatic carbocycles. The number of hydrogen-bond donors (Lipinski definition) is 4. The summed E-state index contributed by atoms with van der Waals surface area (Å²) in [4.78, 5) is 10.4. The standard InChI is InChI=1S/C22H34O5/c1-2-3-4-5-6-9-12-18-19(21(25)16-20(18)24)15-14-17(23)11-8-7-10-13-22(26)27/h3-4,6-9,14-15,17-21,23-25H,2,5,10-13,16H2,1H3,(H,26,27)/b4-3-,8-7-,9-6-,15-14+/t17-,18-,19-,20-,21+/m0/s1. The lowest BCUT2D eigenvalue weighted by Gasteiger charge is -2.19. The van der Waals surface area contributed by atoms with Gasteiger partial charge in [-0.2, -0.15) is 0 Å². The van der Waals surface area contributed by atoms with Gasteiger partial charge in [0.2, 0.25) is 0 Å². The lowest BCUT2D eigenvalue weighted by molar-refractivity contribution is -0.136. The molecule has 0 spiro atoms. The number of rotatable bonds is 12. The predicted molar refractivity (Wildman–Crippen MR) is 107 cm³/mol. The van der Waals surface area contributed by atoms with Gasteiger partial charge in [0.05, 0.1) is 18.3 Å². The molecule has 0 aromatic rings. The Kier molecular flexibility index (Phi) is 11.7. The Hall–Kier alpha value is -1.69. The largest absolute Gasteiger partial charge is 0.481 e. The molecule has 27 heavy (non-hydrogen) atoms. The Morgan fingerprint density at radius 3 is 2.52 bits per heavy atom. The van der Waals surface area contributed by atoms with E-state index in [0.717, 1.165) is 12.8 Å². The molecule has 5 atom stereocenters. The topological polar surface area (TPSA) is 98.0 Å². The molecule has 0 radical (unpaired) electrons. The third-order valence-corrected chi connectivity index (χ3v) is 4.79.